The Morgan fingerprint density at radius 2 is 1.43 bits per heavy atom. The zero-order valence-corrected chi connectivity index (χ0v) is 15.1. The molecule has 0 saturated carbocycles. The Morgan fingerprint density at radius 3 is 1.78 bits per heavy atom. The summed E-state index contributed by atoms with van der Waals surface area (Å²) in [6.07, 6.45) is 1.63. The molecule has 0 aliphatic rings. The molecule has 1 aromatic heterocycles. The van der Waals surface area contributed by atoms with E-state index in [1.165, 1.54) is 15.7 Å². The number of rotatable bonds is 3. The molecule has 0 aliphatic heterocycles. The van der Waals surface area contributed by atoms with Gasteiger partial charge in [-0.1, -0.05) is 65.4 Å². The minimum absolute atomic E-state index is 0.637. The first kappa shape index (κ1) is 19.3. The molecular weight excluding hydrogens is 324 g/mol. The summed E-state index contributed by atoms with van der Waals surface area (Å²) < 4.78 is 10.1. The maximum Gasteiger partial charge on any atom is 0.287 e. The smallest absolute Gasteiger partial charge is 0.287 e. The highest BCUT2D eigenvalue weighted by atomic mass is 33.1. The van der Waals surface area contributed by atoms with Crippen molar-refractivity contribution in [2.24, 2.45) is 0 Å². The van der Waals surface area contributed by atoms with Crippen LogP contribution in [0.15, 0.2) is 88.4 Å². The molecule has 3 rings (SSSR count). The van der Waals surface area contributed by atoms with Gasteiger partial charge in [-0.25, -0.2) is 0 Å². The van der Waals surface area contributed by atoms with Gasteiger partial charge in [0.05, 0.1) is 12.9 Å². The molecule has 0 fully saturated rings. The van der Waals surface area contributed by atoms with E-state index in [-0.39, 0.29) is 0 Å². The van der Waals surface area contributed by atoms with E-state index in [1.54, 1.807) is 6.26 Å². The van der Waals surface area contributed by atoms with E-state index in [1.807, 2.05) is 86.6 Å². The third kappa shape index (κ3) is 9.06. The van der Waals surface area contributed by atoms with Crippen LogP contribution in [0, 0.1) is 6.92 Å². The Labute approximate surface area is 147 Å². The maximum atomic E-state index is 5.11. The Bertz CT molecular complexity index is 583. The molecule has 0 N–H and O–H groups in total. The van der Waals surface area contributed by atoms with Gasteiger partial charge in [0.25, 0.3) is 5.95 Å². The average Bonchev–Trinajstić information content (AvgIpc) is 3.04. The van der Waals surface area contributed by atoms with Crippen LogP contribution in [0.4, 0.5) is 0 Å². The number of aryl methyl sites for hydroxylation is 1. The van der Waals surface area contributed by atoms with Gasteiger partial charge in [-0.2, -0.15) is 0 Å². The van der Waals surface area contributed by atoms with E-state index in [0.29, 0.717) is 12.6 Å². The van der Waals surface area contributed by atoms with E-state index in [0.717, 1.165) is 5.56 Å². The zero-order chi connectivity index (χ0) is 16.8. The van der Waals surface area contributed by atoms with Gasteiger partial charge in [0.15, 0.2) is 0 Å². The molecule has 0 amide bonds. The van der Waals surface area contributed by atoms with Crippen LogP contribution < -0.4 is 4.74 Å². The van der Waals surface area contributed by atoms with Crippen LogP contribution in [0.2, 0.25) is 0 Å². The van der Waals surface area contributed by atoms with Crippen molar-refractivity contribution in [2.45, 2.75) is 18.7 Å². The second kappa shape index (κ2) is 12.7. The van der Waals surface area contributed by atoms with Crippen molar-refractivity contribution in [3.63, 3.8) is 0 Å². The molecule has 0 spiro atoms. The maximum absolute atomic E-state index is 5.11. The third-order valence-electron chi connectivity index (χ3n) is 2.61. The Hall–Kier alpha value is -1.78. The van der Waals surface area contributed by atoms with Crippen molar-refractivity contribution in [3.05, 3.63) is 84.6 Å². The third-order valence-corrected chi connectivity index (χ3v) is 3.72. The van der Waals surface area contributed by atoms with Crippen LogP contribution in [0.5, 0.6) is 5.95 Å². The highest BCUT2D eigenvalue weighted by molar-refractivity contribution is 8.68. The second-order valence-corrected chi connectivity index (χ2v) is 5.58. The van der Waals surface area contributed by atoms with Gasteiger partial charge in [-0.3, -0.25) is 0 Å². The summed E-state index contributed by atoms with van der Waals surface area (Å²) in [4.78, 5) is 1.19. The molecule has 122 valence electrons. The van der Waals surface area contributed by atoms with Gasteiger partial charge in [0, 0.05) is 10.5 Å². The van der Waals surface area contributed by atoms with E-state index < -0.39 is 0 Å². The van der Waals surface area contributed by atoms with Gasteiger partial charge in [-0.15, -0.1) is 11.7 Å². The van der Waals surface area contributed by atoms with Crippen LogP contribution in [-0.2, 0) is 0 Å². The summed E-state index contributed by atoms with van der Waals surface area (Å²) in [6.45, 7) is 4.55. The van der Waals surface area contributed by atoms with Gasteiger partial charge in [0.1, 0.15) is 0 Å². The SMILES string of the molecule is CCOc1occc1C.SSc1ccccc1.c1ccccc1. The number of thiol groups is 1. The molecule has 0 unspecified atom stereocenters. The molecule has 2 aromatic carbocycles. The lowest BCUT2D eigenvalue weighted by atomic mass is 10.4. The molecule has 2 nitrogen and oxygen atoms in total. The molecule has 1 heterocycles. The number of hydrogen-bond donors (Lipinski definition) is 1. The largest absolute Gasteiger partial charge is 0.465 e. The number of benzene rings is 2. The molecule has 4 heteroatoms. The zero-order valence-electron chi connectivity index (χ0n) is 13.4. The summed E-state index contributed by atoms with van der Waals surface area (Å²) in [5, 5.41) is 0. The minimum Gasteiger partial charge on any atom is -0.465 e. The van der Waals surface area contributed by atoms with Crippen LogP contribution in [-0.4, -0.2) is 6.61 Å². The van der Waals surface area contributed by atoms with Crippen molar-refractivity contribution in [2.75, 3.05) is 6.61 Å². The lowest BCUT2D eigenvalue weighted by molar-refractivity contribution is 0.255. The first-order valence-corrected chi connectivity index (χ1v) is 9.18. The van der Waals surface area contributed by atoms with Crippen LogP contribution in [0.25, 0.3) is 0 Å². The van der Waals surface area contributed by atoms with Crippen molar-refractivity contribution in [3.8, 4) is 5.95 Å². The Morgan fingerprint density at radius 1 is 0.913 bits per heavy atom. The van der Waals surface area contributed by atoms with Crippen LogP contribution >= 0.6 is 22.5 Å². The van der Waals surface area contributed by atoms with E-state index in [2.05, 4.69) is 11.7 Å². The predicted octanol–water partition coefficient (Wildman–Crippen LogP) is 6.30. The Kier molecular flexibility index (Phi) is 10.7. The van der Waals surface area contributed by atoms with E-state index in [9.17, 15) is 0 Å². The van der Waals surface area contributed by atoms with Gasteiger partial charge in [0.2, 0.25) is 0 Å². The number of ether oxygens (including phenoxy) is 1. The van der Waals surface area contributed by atoms with Gasteiger partial charge < -0.3 is 9.15 Å². The summed E-state index contributed by atoms with van der Waals surface area (Å²) in [5.74, 6) is 0.637. The summed E-state index contributed by atoms with van der Waals surface area (Å²) in [6, 6.07) is 23.9. The van der Waals surface area contributed by atoms with Crippen molar-refractivity contribution < 1.29 is 9.15 Å². The summed E-state index contributed by atoms with van der Waals surface area (Å²) in [5.41, 5.74) is 1.05. The fourth-order valence-corrected chi connectivity index (χ4v) is 2.15. The molecule has 23 heavy (non-hydrogen) atoms. The van der Waals surface area contributed by atoms with Gasteiger partial charge in [-0.05, 0) is 32.0 Å². The normalized spacial score (nSPS) is 9.00. The number of furan rings is 1. The molecule has 0 radical (unpaired) electrons. The van der Waals surface area contributed by atoms with Crippen LogP contribution in [0.3, 0.4) is 0 Å². The van der Waals surface area contributed by atoms with Crippen LogP contribution in [0.1, 0.15) is 12.5 Å². The first-order valence-electron chi connectivity index (χ1n) is 7.31. The fourth-order valence-electron chi connectivity index (χ4n) is 1.50. The molecule has 3 aromatic rings. The predicted molar refractivity (Wildman–Crippen MR) is 102 cm³/mol. The summed E-state index contributed by atoms with van der Waals surface area (Å²) >= 11 is 4.03. The van der Waals surface area contributed by atoms with E-state index >= 15 is 0 Å². The molecule has 0 bridgehead atoms. The average molecular weight is 347 g/mol. The van der Waals surface area contributed by atoms with Gasteiger partial charge >= 0.3 is 0 Å². The van der Waals surface area contributed by atoms with Crippen molar-refractivity contribution in [1.82, 2.24) is 0 Å². The standard InChI is InChI=1S/C7H10O2.C6H6S2.C6H6/c1-3-8-7-6(2)4-5-9-7;7-8-6-4-2-1-3-5-6;1-2-4-6-5-3-1/h4-5H,3H2,1-2H3;1-5,7H;1-6H. The van der Waals surface area contributed by atoms with Crippen molar-refractivity contribution in [1.29, 1.82) is 0 Å². The topological polar surface area (TPSA) is 22.4 Å². The quantitative estimate of drug-likeness (QED) is 0.444. The lowest BCUT2D eigenvalue weighted by Crippen LogP contribution is -1.89. The lowest BCUT2D eigenvalue weighted by Gasteiger charge is -1.96. The minimum atomic E-state index is 0.637. The highest BCUT2D eigenvalue weighted by Gasteiger charge is 1.98. The monoisotopic (exact) mass is 346 g/mol. The molecular formula is C19H22O2S2. The second-order valence-electron chi connectivity index (χ2n) is 4.38. The Balaban J connectivity index is 0.000000176. The molecule has 0 atom stereocenters. The summed E-state index contributed by atoms with van der Waals surface area (Å²) in [7, 11) is 1.46. The fraction of sp³-hybridized carbons (Fsp3) is 0.158. The molecule has 0 saturated heterocycles. The number of hydrogen-bond acceptors (Lipinski definition) is 4. The molecule has 0 aliphatic carbocycles. The highest BCUT2D eigenvalue weighted by Crippen LogP contribution is 2.19. The first-order chi connectivity index (χ1) is 11.3. The van der Waals surface area contributed by atoms with E-state index in [4.69, 9.17) is 9.15 Å². The van der Waals surface area contributed by atoms with Crippen molar-refractivity contribution >= 4 is 22.5 Å².